The smallest absolute Gasteiger partial charge is 0.173 e. The molecule has 0 aromatic heterocycles. The highest BCUT2D eigenvalue weighted by atomic mass is 35.7. The molecule has 0 N–H and O–H groups in total. The van der Waals surface area contributed by atoms with E-state index in [1.165, 1.54) is 0 Å². The van der Waals surface area contributed by atoms with E-state index in [2.05, 4.69) is 0 Å². The summed E-state index contributed by atoms with van der Waals surface area (Å²) in [5.74, 6) is 0. The normalized spacial score (nSPS) is 15.5. The van der Waals surface area contributed by atoms with Gasteiger partial charge in [0.2, 0.25) is 6.93 Å². The van der Waals surface area contributed by atoms with Crippen molar-refractivity contribution < 1.29 is 0 Å². The number of rotatable bonds is 1. The molecule has 0 aromatic rings. The lowest BCUT2D eigenvalue weighted by Gasteiger charge is -1.92. The van der Waals surface area contributed by atoms with Gasteiger partial charge in [-0.15, -0.1) is 0 Å². The Morgan fingerprint density at radius 1 is 1.17 bits per heavy atom. The summed E-state index contributed by atoms with van der Waals surface area (Å²) >= 11 is 16.4. The van der Waals surface area contributed by atoms with E-state index in [0.29, 0.717) is 0 Å². The van der Waals surface area contributed by atoms with Crippen LogP contribution in [-0.2, 0) is 0 Å². The first-order valence-electron chi connectivity index (χ1n) is 1.57. The first kappa shape index (κ1) is 7.30. The zero-order valence-electron chi connectivity index (χ0n) is 3.29. The minimum atomic E-state index is -1.40. The Bertz CT molecular complexity index is 29.8. The first-order chi connectivity index (χ1) is 2.64. The van der Waals surface area contributed by atoms with Gasteiger partial charge in [-0.05, 0) is 0 Å². The van der Waals surface area contributed by atoms with Crippen molar-refractivity contribution in [3.8, 4) is 0 Å². The van der Waals surface area contributed by atoms with Crippen LogP contribution in [0.25, 0.3) is 0 Å². The summed E-state index contributed by atoms with van der Waals surface area (Å²) in [4.78, 5) is 0. The number of hydrogen-bond acceptors (Lipinski definition) is 0. The molecule has 1 unspecified atom stereocenters. The summed E-state index contributed by atoms with van der Waals surface area (Å²) in [6.45, 7) is 0.548. The molecule has 0 heterocycles. The number of halogens is 3. The van der Waals surface area contributed by atoms with Crippen molar-refractivity contribution in [3.05, 3.63) is 0 Å². The molecule has 0 saturated heterocycles. The monoisotopic (exact) mass is 178 g/mol. The SMILES string of the molecule is C[SiH](Cl)[SiH](Cl)Cl. The van der Waals surface area contributed by atoms with Crippen LogP contribution in [0.2, 0.25) is 6.55 Å². The zero-order valence-corrected chi connectivity index (χ0v) is 7.87. The van der Waals surface area contributed by atoms with E-state index in [9.17, 15) is 0 Å². The van der Waals surface area contributed by atoms with Crippen molar-refractivity contribution in [2.75, 3.05) is 0 Å². The Morgan fingerprint density at radius 3 is 1.33 bits per heavy atom. The molecule has 0 radical (unpaired) electrons. The summed E-state index contributed by atoms with van der Waals surface area (Å²) in [5, 5.41) is 0. The minimum Gasteiger partial charge on any atom is -0.173 e. The average Bonchev–Trinajstić information content (AvgIpc) is 1.36. The van der Waals surface area contributed by atoms with Crippen molar-refractivity contribution >= 4 is 47.8 Å². The fraction of sp³-hybridized carbons (Fsp3) is 1.00. The number of hydrogen-bond donors (Lipinski definition) is 0. The minimum absolute atomic E-state index is 1.10. The molecule has 0 rings (SSSR count). The molecule has 0 aliphatic rings. The van der Waals surface area contributed by atoms with Gasteiger partial charge in [-0.25, -0.2) is 0 Å². The second-order valence-corrected chi connectivity index (χ2v) is 17.4. The molecule has 38 valence electrons. The summed E-state index contributed by atoms with van der Waals surface area (Å²) in [5.41, 5.74) is 0. The standard InChI is InChI=1S/CH5Cl3Si2/c1-5(2)6(3)4/h5-6H,1H3. The second kappa shape index (κ2) is 3.32. The first-order valence-corrected chi connectivity index (χ1v) is 10.6. The Labute approximate surface area is 54.5 Å². The summed E-state index contributed by atoms with van der Waals surface area (Å²) in [6.07, 6.45) is 0. The van der Waals surface area contributed by atoms with Crippen molar-refractivity contribution in [1.82, 2.24) is 0 Å². The zero-order chi connectivity index (χ0) is 5.15. The van der Waals surface area contributed by atoms with Crippen LogP contribution in [0.4, 0.5) is 0 Å². The van der Waals surface area contributed by atoms with E-state index in [4.69, 9.17) is 33.2 Å². The van der Waals surface area contributed by atoms with Gasteiger partial charge >= 0.3 is 0 Å². The van der Waals surface area contributed by atoms with Crippen LogP contribution in [-0.4, -0.2) is 14.6 Å². The molecule has 0 aromatic carbocycles. The third-order valence-corrected chi connectivity index (χ3v) is 14.5. The van der Waals surface area contributed by atoms with E-state index in [0.717, 1.165) is 0 Å². The van der Waals surface area contributed by atoms with Crippen LogP contribution in [0.15, 0.2) is 0 Å². The van der Waals surface area contributed by atoms with Gasteiger partial charge < -0.3 is 0 Å². The van der Waals surface area contributed by atoms with Gasteiger partial charge in [-0.3, -0.25) is 0 Å². The maximum Gasteiger partial charge on any atom is 0.239 e. The van der Waals surface area contributed by atoms with Crippen LogP contribution >= 0.6 is 33.2 Å². The molecular formula is CH5Cl3Si2. The second-order valence-electron chi connectivity index (χ2n) is 1.01. The van der Waals surface area contributed by atoms with E-state index in [-0.39, 0.29) is 0 Å². The third kappa shape index (κ3) is 3.49. The van der Waals surface area contributed by atoms with Gasteiger partial charge in [0.15, 0.2) is 7.62 Å². The van der Waals surface area contributed by atoms with E-state index >= 15 is 0 Å². The average molecular weight is 180 g/mol. The molecule has 0 saturated carbocycles. The van der Waals surface area contributed by atoms with Crippen LogP contribution in [0.1, 0.15) is 0 Å². The van der Waals surface area contributed by atoms with Crippen LogP contribution in [0.5, 0.6) is 0 Å². The maximum absolute atomic E-state index is 5.55. The molecule has 0 spiro atoms. The van der Waals surface area contributed by atoms with Gasteiger partial charge in [-0.2, -0.15) is 33.2 Å². The van der Waals surface area contributed by atoms with Gasteiger partial charge in [0, 0.05) is 0 Å². The quantitative estimate of drug-likeness (QED) is 0.421. The van der Waals surface area contributed by atoms with Gasteiger partial charge in [0.1, 0.15) is 0 Å². The predicted molar refractivity (Wildman–Crippen MR) is 37.7 cm³/mol. The Balaban J connectivity index is 2.99. The molecule has 5 heteroatoms. The van der Waals surface area contributed by atoms with Crippen molar-refractivity contribution in [1.29, 1.82) is 0 Å². The molecule has 6 heavy (non-hydrogen) atoms. The van der Waals surface area contributed by atoms with Crippen molar-refractivity contribution in [2.45, 2.75) is 6.55 Å². The third-order valence-electron chi connectivity index (χ3n) is 0.347. The van der Waals surface area contributed by atoms with Crippen LogP contribution in [0.3, 0.4) is 0 Å². The van der Waals surface area contributed by atoms with Gasteiger partial charge in [-0.1, -0.05) is 6.55 Å². The maximum atomic E-state index is 5.55. The lowest BCUT2D eigenvalue weighted by atomic mass is 11.9. The van der Waals surface area contributed by atoms with Crippen molar-refractivity contribution in [2.24, 2.45) is 0 Å². The van der Waals surface area contributed by atoms with E-state index < -0.39 is 14.6 Å². The molecule has 0 fully saturated rings. The van der Waals surface area contributed by atoms with Gasteiger partial charge in [0.05, 0.1) is 0 Å². The molecule has 0 amide bonds. The molecule has 1 atom stereocenters. The van der Waals surface area contributed by atoms with Gasteiger partial charge in [0.25, 0.3) is 0 Å². The Kier molecular flexibility index (Phi) is 4.05. The highest BCUT2D eigenvalue weighted by Gasteiger charge is 2.10. The molecule has 0 aliphatic heterocycles. The van der Waals surface area contributed by atoms with Crippen molar-refractivity contribution in [3.63, 3.8) is 0 Å². The highest BCUT2D eigenvalue weighted by molar-refractivity contribution is 7.69. The van der Waals surface area contributed by atoms with E-state index in [1.54, 1.807) is 0 Å². The largest absolute Gasteiger partial charge is 0.239 e. The lowest BCUT2D eigenvalue weighted by Crippen LogP contribution is -2.13. The predicted octanol–water partition coefficient (Wildman–Crippen LogP) is 1.36. The summed E-state index contributed by atoms with van der Waals surface area (Å²) in [7, 11) is -1.10. The fourth-order valence-electron chi connectivity index (χ4n) is 0. The lowest BCUT2D eigenvalue weighted by molar-refractivity contribution is 2.33. The fourth-order valence-corrected chi connectivity index (χ4v) is 0. The molecule has 0 aliphatic carbocycles. The Hall–Kier alpha value is 1.30. The summed E-state index contributed by atoms with van der Waals surface area (Å²) in [6, 6.07) is 0. The molecule has 0 nitrogen and oxygen atoms in total. The molecular weight excluding hydrogens is 175 g/mol. The molecule has 0 bridgehead atoms. The topological polar surface area (TPSA) is 0 Å². The Morgan fingerprint density at radius 2 is 1.33 bits per heavy atom. The van der Waals surface area contributed by atoms with Crippen LogP contribution < -0.4 is 0 Å². The highest BCUT2D eigenvalue weighted by Crippen LogP contribution is 2.03. The van der Waals surface area contributed by atoms with Crippen LogP contribution in [0, 0.1) is 0 Å². The van der Waals surface area contributed by atoms with E-state index in [1.807, 2.05) is 6.55 Å². The summed E-state index contributed by atoms with van der Waals surface area (Å²) < 4.78 is 0.